The van der Waals surface area contributed by atoms with Gasteiger partial charge < -0.3 is 24.1 Å². The number of hydrogen-bond acceptors (Lipinski definition) is 7. The van der Waals surface area contributed by atoms with E-state index in [4.69, 9.17) is 13.9 Å². The fourth-order valence-corrected chi connectivity index (χ4v) is 4.50. The second-order valence-electron chi connectivity index (χ2n) is 7.41. The summed E-state index contributed by atoms with van der Waals surface area (Å²) in [6, 6.07) is 0.499. The molecule has 0 spiro atoms. The minimum atomic E-state index is -2.54. The summed E-state index contributed by atoms with van der Waals surface area (Å²) >= 11 is 0. The standard InChI is InChI=1S/C17H34O7Si/c1-7-17(4,15(21)22-5)11-16(2,3)14(20)24-9-8-10-25(12-18,13-19)23-6/h18-19H,7-13H2,1-6H3. The zero-order valence-electron chi connectivity index (χ0n) is 16.4. The maximum atomic E-state index is 12.4. The number of rotatable bonds is 12. The van der Waals surface area contributed by atoms with Crippen LogP contribution in [0.4, 0.5) is 0 Å². The summed E-state index contributed by atoms with van der Waals surface area (Å²) in [4.78, 5) is 24.4. The van der Waals surface area contributed by atoms with Gasteiger partial charge in [-0.3, -0.25) is 9.59 Å². The summed E-state index contributed by atoms with van der Waals surface area (Å²) in [5, 5.41) is 18.7. The third-order valence-corrected chi connectivity index (χ3v) is 8.15. The van der Waals surface area contributed by atoms with Crippen LogP contribution < -0.4 is 0 Å². The van der Waals surface area contributed by atoms with Gasteiger partial charge in [-0.15, -0.1) is 0 Å². The van der Waals surface area contributed by atoms with E-state index < -0.39 is 19.1 Å². The van der Waals surface area contributed by atoms with E-state index in [1.165, 1.54) is 14.2 Å². The van der Waals surface area contributed by atoms with Crippen molar-refractivity contribution in [2.24, 2.45) is 10.8 Å². The molecule has 148 valence electrons. The number of esters is 2. The minimum absolute atomic E-state index is 0.173. The van der Waals surface area contributed by atoms with E-state index in [0.717, 1.165) is 0 Å². The van der Waals surface area contributed by atoms with E-state index in [2.05, 4.69) is 0 Å². The normalized spacial score (nSPS) is 14.7. The van der Waals surface area contributed by atoms with Crippen LogP contribution in [0, 0.1) is 10.8 Å². The van der Waals surface area contributed by atoms with Gasteiger partial charge in [0.2, 0.25) is 8.32 Å². The number of aliphatic hydroxyl groups excluding tert-OH is 2. The highest BCUT2D eigenvalue weighted by Gasteiger charge is 2.42. The average Bonchev–Trinajstić information content (AvgIpc) is 2.60. The number of aliphatic hydroxyl groups is 2. The summed E-state index contributed by atoms with van der Waals surface area (Å²) < 4.78 is 15.5. The first-order valence-electron chi connectivity index (χ1n) is 8.59. The van der Waals surface area contributed by atoms with Gasteiger partial charge in [0, 0.05) is 7.11 Å². The Bertz CT molecular complexity index is 426. The third-order valence-electron chi connectivity index (χ3n) is 4.86. The Morgan fingerprint density at radius 1 is 1.04 bits per heavy atom. The molecule has 0 aromatic rings. The van der Waals surface area contributed by atoms with Crippen LogP contribution in [0.1, 0.15) is 47.0 Å². The molecule has 0 amide bonds. The first kappa shape index (κ1) is 24.0. The molecule has 0 aliphatic heterocycles. The van der Waals surface area contributed by atoms with Gasteiger partial charge in [-0.25, -0.2) is 0 Å². The fraction of sp³-hybridized carbons (Fsp3) is 0.882. The van der Waals surface area contributed by atoms with Crippen LogP contribution in [0.3, 0.4) is 0 Å². The number of carbonyl (C=O) groups excluding carboxylic acids is 2. The lowest BCUT2D eigenvalue weighted by Gasteiger charge is -2.33. The van der Waals surface area contributed by atoms with Crippen molar-refractivity contribution in [3.8, 4) is 0 Å². The van der Waals surface area contributed by atoms with Gasteiger partial charge in [0.15, 0.2) is 0 Å². The largest absolute Gasteiger partial charge is 0.469 e. The van der Waals surface area contributed by atoms with Crippen LogP contribution in [0.15, 0.2) is 0 Å². The lowest BCUT2D eigenvalue weighted by Crippen LogP contribution is -2.46. The maximum Gasteiger partial charge on any atom is 0.311 e. The fourth-order valence-electron chi connectivity index (χ4n) is 2.83. The summed E-state index contributed by atoms with van der Waals surface area (Å²) in [6.45, 7) is 7.36. The number of hydrogen-bond donors (Lipinski definition) is 2. The van der Waals surface area contributed by atoms with Crippen LogP contribution >= 0.6 is 0 Å². The van der Waals surface area contributed by atoms with Crippen molar-refractivity contribution in [1.29, 1.82) is 0 Å². The van der Waals surface area contributed by atoms with Crippen molar-refractivity contribution in [1.82, 2.24) is 0 Å². The average molecular weight is 379 g/mol. The van der Waals surface area contributed by atoms with E-state index in [-0.39, 0.29) is 31.0 Å². The zero-order valence-corrected chi connectivity index (χ0v) is 17.4. The summed E-state index contributed by atoms with van der Waals surface area (Å²) in [6.07, 6.45) is 1.04. The van der Waals surface area contributed by atoms with E-state index in [1.54, 1.807) is 20.8 Å². The lowest BCUT2D eigenvalue weighted by molar-refractivity contribution is -0.161. The topological polar surface area (TPSA) is 102 Å². The molecule has 0 bridgehead atoms. The van der Waals surface area contributed by atoms with Crippen molar-refractivity contribution in [2.75, 3.05) is 33.3 Å². The Kier molecular flexibility index (Phi) is 9.86. The first-order valence-corrected chi connectivity index (χ1v) is 11.1. The van der Waals surface area contributed by atoms with Gasteiger partial charge in [-0.1, -0.05) is 6.92 Å². The smallest absolute Gasteiger partial charge is 0.311 e. The summed E-state index contributed by atoms with van der Waals surface area (Å²) in [5.74, 6) is -0.716. The molecule has 0 heterocycles. The molecule has 0 radical (unpaired) electrons. The molecular weight excluding hydrogens is 344 g/mol. The number of ether oxygens (including phenoxy) is 2. The Morgan fingerprint density at radius 2 is 1.60 bits per heavy atom. The van der Waals surface area contributed by atoms with Gasteiger partial charge in [-0.05, 0) is 46.1 Å². The van der Waals surface area contributed by atoms with Crippen LogP contribution in [0.2, 0.25) is 6.04 Å². The van der Waals surface area contributed by atoms with E-state index >= 15 is 0 Å². The molecule has 7 nitrogen and oxygen atoms in total. The Balaban J connectivity index is 4.66. The van der Waals surface area contributed by atoms with Crippen LogP contribution in [0.25, 0.3) is 0 Å². The molecule has 0 aromatic carbocycles. The quantitative estimate of drug-likeness (QED) is 0.302. The van der Waals surface area contributed by atoms with Crippen molar-refractivity contribution < 1.29 is 33.7 Å². The van der Waals surface area contributed by atoms with Gasteiger partial charge >= 0.3 is 11.9 Å². The monoisotopic (exact) mass is 378 g/mol. The Hall–Kier alpha value is -0.963. The van der Waals surface area contributed by atoms with Crippen LogP contribution in [0.5, 0.6) is 0 Å². The predicted octanol–water partition coefficient (Wildman–Crippen LogP) is 1.58. The molecule has 0 aliphatic carbocycles. The molecule has 0 fully saturated rings. The van der Waals surface area contributed by atoms with Crippen LogP contribution in [-0.2, 0) is 23.5 Å². The van der Waals surface area contributed by atoms with E-state index in [0.29, 0.717) is 25.3 Å². The van der Waals surface area contributed by atoms with E-state index in [9.17, 15) is 19.8 Å². The van der Waals surface area contributed by atoms with Gasteiger partial charge in [0.25, 0.3) is 0 Å². The minimum Gasteiger partial charge on any atom is -0.469 e. The molecule has 1 atom stereocenters. The molecule has 0 rings (SSSR count). The van der Waals surface area contributed by atoms with Crippen LogP contribution in [-0.4, -0.2) is 63.8 Å². The molecule has 25 heavy (non-hydrogen) atoms. The highest BCUT2D eigenvalue weighted by molar-refractivity contribution is 6.73. The van der Waals surface area contributed by atoms with Gasteiger partial charge in [0.05, 0.1) is 37.0 Å². The van der Waals surface area contributed by atoms with Crippen molar-refractivity contribution in [2.45, 2.75) is 53.0 Å². The molecular formula is C17H34O7Si. The lowest BCUT2D eigenvalue weighted by atomic mass is 9.72. The molecule has 0 saturated heterocycles. The van der Waals surface area contributed by atoms with Crippen molar-refractivity contribution >= 4 is 20.3 Å². The Labute approximate surface area is 151 Å². The first-order chi connectivity index (χ1) is 11.6. The highest BCUT2D eigenvalue weighted by atomic mass is 28.4. The van der Waals surface area contributed by atoms with Gasteiger partial charge in [-0.2, -0.15) is 0 Å². The summed E-state index contributed by atoms with van der Waals surface area (Å²) in [5.41, 5.74) is -1.58. The SMILES string of the molecule is CCC(C)(CC(C)(C)C(=O)OCCC[Si](CO)(CO)OC)C(=O)OC. The highest BCUT2D eigenvalue weighted by Crippen LogP contribution is 2.38. The predicted molar refractivity (Wildman–Crippen MR) is 96.1 cm³/mol. The second-order valence-corrected chi connectivity index (χ2v) is 11.3. The van der Waals surface area contributed by atoms with Crippen molar-refractivity contribution in [3.63, 3.8) is 0 Å². The number of carbonyl (C=O) groups is 2. The maximum absolute atomic E-state index is 12.4. The molecule has 0 saturated carbocycles. The van der Waals surface area contributed by atoms with E-state index in [1.807, 2.05) is 6.92 Å². The molecule has 1 unspecified atom stereocenters. The Morgan fingerprint density at radius 3 is 2.00 bits per heavy atom. The molecule has 0 aliphatic rings. The molecule has 8 heteroatoms. The third kappa shape index (κ3) is 6.69. The second kappa shape index (κ2) is 10.3. The summed E-state index contributed by atoms with van der Waals surface area (Å²) in [7, 11) is 0.281. The van der Waals surface area contributed by atoms with Crippen molar-refractivity contribution in [3.05, 3.63) is 0 Å². The zero-order chi connectivity index (χ0) is 19.7. The molecule has 2 N–H and O–H groups in total. The number of methoxy groups -OCH3 is 1. The van der Waals surface area contributed by atoms with Gasteiger partial charge in [0.1, 0.15) is 0 Å². The molecule has 0 aromatic heterocycles.